The minimum absolute atomic E-state index is 0.0803. The van der Waals surface area contributed by atoms with Crippen LogP contribution in [0.25, 0.3) is 10.9 Å². The Balaban J connectivity index is 1.74. The molecule has 1 N–H and O–H groups in total. The molecular weight excluding hydrogens is 306 g/mol. The molecule has 1 aromatic heterocycles. The molecule has 3 aromatic rings. The average Bonchev–Trinajstić information content (AvgIpc) is 2.55. The summed E-state index contributed by atoms with van der Waals surface area (Å²) in [4.78, 5) is 22.9. The fourth-order valence-electron chi connectivity index (χ4n) is 2.56. The van der Waals surface area contributed by atoms with Crippen LogP contribution >= 0.6 is 11.8 Å². The number of nitrogens with one attached hydrogen (secondary N) is 1. The summed E-state index contributed by atoms with van der Waals surface area (Å²) >= 11 is 1.74. The monoisotopic (exact) mass is 325 g/mol. The van der Waals surface area contributed by atoms with E-state index in [1.54, 1.807) is 17.8 Å². The number of nitrogens with zero attached hydrogens (tertiary/aromatic N) is 2. The van der Waals surface area contributed by atoms with Crippen molar-refractivity contribution in [1.29, 1.82) is 0 Å². The Morgan fingerprint density at radius 1 is 1.09 bits per heavy atom. The summed E-state index contributed by atoms with van der Waals surface area (Å²) in [6, 6.07) is 15.9. The predicted octanol–water partition coefficient (Wildman–Crippen LogP) is 3.28. The molecule has 0 amide bonds. The molecule has 23 heavy (non-hydrogen) atoms. The molecule has 0 aliphatic carbocycles. The van der Waals surface area contributed by atoms with Crippen LogP contribution in [0.3, 0.4) is 0 Å². The third-order valence-electron chi connectivity index (χ3n) is 3.69. The van der Waals surface area contributed by atoms with Crippen LogP contribution in [0.2, 0.25) is 0 Å². The molecule has 0 radical (unpaired) electrons. The molecule has 0 aliphatic heterocycles. The zero-order chi connectivity index (χ0) is 16.2. The van der Waals surface area contributed by atoms with Gasteiger partial charge < -0.3 is 4.98 Å². The quantitative estimate of drug-likeness (QED) is 0.732. The number of thioether (sulfide) groups is 1. The van der Waals surface area contributed by atoms with E-state index in [9.17, 15) is 4.79 Å². The van der Waals surface area contributed by atoms with Gasteiger partial charge in [-0.25, -0.2) is 4.98 Å². The fraction of sp³-hybridized carbons (Fsp3) is 0.222. The van der Waals surface area contributed by atoms with Crippen molar-refractivity contribution in [2.45, 2.75) is 18.0 Å². The molecule has 0 spiro atoms. The van der Waals surface area contributed by atoms with Gasteiger partial charge in [-0.15, -0.1) is 11.8 Å². The van der Waals surface area contributed by atoms with E-state index in [0.29, 0.717) is 17.8 Å². The van der Waals surface area contributed by atoms with Crippen LogP contribution in [0.1, 0.15) is 11.4 Å². The standard InChI is InChI=1S/C18H19N3OS/c1-21(11-13-7-9-14(23-2)10-8-13)12-17-19-16-6-4-3-5-15(16)18(22)20-17/h3-10H,11-12H2,1-2H3,(H,19,20,22). The number of fused-ring (bicyclic) bond motifs is 1. The Morgan fingerprint density at radius 2 is 1.83 bits per heavy atom. The second kappa shape index (κ2) is 6.98. The molecule has 1 heterocycles. The molecule has 0 fully saturated rings. The first-order valence-corrected chi connectivity index (χ1v) is 8.67. The maximum atomic E-state index is 12.1. The predicted molar refractivity (Wildman–Crippen MR) is 95.8 cm³/mol. The number of hydrogen-bond acceptors (Lipinski definition) is 4. The van der Waals surface area contributed by atoms with Crippen LogP contribution in [-0.2, 0) is 13.1 Å². The molecule has 4 nitrogen and oxygen atoms in total. The number of aromatic amines is 1. The highest BCUT2D eigenvalue weighted by Crippen LogP contribution is 2.16. The summed E-state index contributed by atoms with van der Waals surface area (Å²) in [6.45, 7) is 1.41. The van der Waals surface area contributed by atoms with Crippen LogP contribution in [-0.4, -0.2) is 28.2 Å². The lowest BCUT2D eigenvalue weighted by Crippen LogP contribution is -2.21. The number of aromatic nitrogens is 2. The molecule has 0 aliphatic rings. The molecule has 0 saturated carbocycles. The maximum absolute atomic E-state index is 12.1. The summed E-state index contributed by atoms with van der Waals surface area (Å²) in [6.07, 6.45) is 2.07. The normalized spacial score (nSPS) is 11.3. The van der Waals surface area contributed by atoms with Gasteiger partial charge in [0.15, 0.2) is 0 Å². The molecule has 3 rings (SSSR count). The Hall–Kier alpha value is -2.11. The number of benzene rings is 2. The van der Waals surface area contributed by atoms with Crippen LogP contribution < -0.4 is 5.56 Å². The lowest BCUT2D eigenvalue weighted by Gasteiger charge is -2.16. The first-order chi connectivity index (χ1) is 11.2. The lowest BCUT2D eigenvalue weighted by molar-refractivity contribution is 0.310. The van der Waals surface area contributed by atoms with Gasteiger partial charge in [0, 0.05) is 11.4 Å². The van der Waals surface area contributed by atoms with E-state index < -0.39 is 0 Å². The van der Waals surface area contributed by atoms with Crippen molar-refractivity contribution in [2.24, 2.45) is 0 Å². The zero-order valence-electron chi connectivity index (χ0n) is 13.2. The molecule has 0 saturated heterocycles. The van der Waals surface area contributed by atoms with Crippen molar-refractivity contribution in [3.63, 3.8) is 0 Å². The summed E-state index contributed by atoms with van der Waals surface area (Å²) in [5, 5.41) is 0.631. The highest BCUT2D eigenvalue weighted by Gasteiger charge is 2.07. The zero-order valence-corrected chi connectivity index (χ0v) is 14.1. The van der Waals surface area contributed by atoms with E-state index in [2.05, 4.69) is 45.4 Å². The van der Waals surface area contributed by atoms with Gasteiger partial charge >= 0.3 is 0 Å². The van der Waals surface area contributed by atoms with Gasteiger partial charge in [0.05, 0.1) is 17.4 Å². The number of rotatable bonds is 5. The van der Waals surface area contributed by atoms with Gasteiger partial charge in [-0.1, -0.05) is 24.3 Å². The van der Waals surface area contributed by atoms with E-state index in [0.717, 1.165) is 12.1 Å². The van der Waals surface area contributed by atoms with Crippen LogP contribution in [0, 0.1) is 0 Å². The second-order valence-electron chi connectivity index (χ2n) is 5.55. The van der Waals surface area contributed by atoms with Crippen molar-refractivity contribution in [2.75, 3.05) is 13.3 Å². The summed E-state index contributed by atoms with van der Waals surface area (Å²) < 4.78 is 0. The minimum Gasteiger partial charge on any atom is -0.309 e. The summed E-state index contributed by atoms with van der Waals surface area (Å²) in [5.41, 5.74) is 1.90. The molecule has 0 bridgehead atoms. The van der Waals surface area contributed by atoms with Gasteiger partial charge in [0.25, 0.3) is 5.56 Å². The van der Waals surface area contributed by atoms with Crippen molar-refractivity contribution in [3.8, 4) is 0 Å². The summed E-state index contributed by atoms with van der Waals surface area (Å²) in [7, 11) is 2.03. The average molecular weight is 325 g/mol. The molecule has 0 atom stereocenters. The van der Waals surface area contributed by atoms with Crippen LogP contribution in [0.15, 0.2) is 58.2 Å². The van der Waals surface area contributed by atoms with Crippen molar-refractivity contribution in [3.05, 3.63) is 70.3 Å². The highest BCUT2D eigenvalue weighted by atomic mass is 32.2. The minimum atomic E-state index is -0.0803. The Kier molecular flexibility index (Phi) is 4.79. The molecule has 0 unspecified atom stereocenters. The third-order valence-corrected chi connectivity index (χ3v) is 4.44. The second-order valence-corrected chi connectivity index (χ2v) is 6.43. The number of hydrogen-bond donors (Lipinski definition) is 1. The van der Waals surface area contributed by atoms with E-state index in [-0.39, 0.29) is 5.56 Å². The van der Waals surface area contributed by atoms with E-state index in [1.165, 1.54) is 10.5 Å². The topological polar surface area (TPSA) is 49.0 Å². The van der Waals surface area contributed by atoms with Crippen LogP contribution in [0.4, 0.5) is 0 Å². The SMILES string of the molecule is CSc1ccc(CN(C)Cc2nc3ccccc3c(=O)[nH]2)cc1. The van der Waals surface area contributed by atoms with E-state index in [1.807, 2.05) is 25.2 Å². The Morgan fingerprint density at radius 3 is 2.57 bits per heavy atom. The molecule has 118 valence electrons. The molecule has 2 aromatic carbocycles. The third kappa shape index (κ3) is 3.81. The summed E-state index contributed by atoms with van der Waals surface area (Å²) in [5.74, 6) is 0.692. The van der Waals surface area contributed by atoms with Gasteiger partial charge in [-0.2, -0.15) is 0 Å². The Labute approximate surface area is 139 Å². The van der Waals surface area contributed by atoms with Crippen molar-refractivity contribution < 1.29 is 0 Å². The van der Waals surface area contributed by atoms with Gasteiger partial charge in [0.2, 0.25) is 0 Å². The molecular formula is C18H19N3OS. The maximum Gasteiger partial charge on any atom is 0.258 e. The van der Waals surface area contributed by atoms with E-state index >= 15 is 0 Å². The van der Waals surface area contributed by atoms with Gasteiger partial charge in [-0.05, 0) is 43.1 Å². The van der Waals surface area contributed by atoms with Crippen molar-refractivity contribution >= 4 is 22.7 Å². The first kappa shape index (κ1) is 15.8. The highest BCUT2D eigenvalue weighted by molar-refractivity contribution is 7.98. The number of H-pyrrole nitrogens is 1. The fourth-order valence-corrected chi connectivity index (χ4v) is 2.97. The smallest absolute Gasteiger partial charge is 0.258 e. The van der Waals surface area contributed by atoms with Crippen LogP contribution in [0.5, 0.6) is 0 Å². The Bertz CT molecular complexity index is 858. The lowest BCUT2D eigenvalue weighted by atomic mass is 10.2. The largest absolute Gasteiger partial charge is 0.309 e. The molecule has 5 heteroatoms. The van der Waals surface area contributed by atoms with Crippen molar-refractivity contribution in [1.82, 2.24) is 14.9 Å². The van der Waals surface area contributed by atoms with Gasteiger partial charge in [0.1, 0.15) is 5.82 Å². The van der Waals surface area contributed by atoms with E-state index in [4.69, 9.17) is 0 Å². The van der Waals surface area contributed by atoms with Gasteiger partial charge in [-0.3, -0.25) is 9.69 Å². The number of para-hydroxylation sites is 1. The first-order valence-electron chi connectivity index (χ1n) is 7.45.